The van der Waals surface area contributed by atoms with Gasteiger partial charge in [-0.2, -0.15) is 0 Å². The molecule has 0 aliphatic heterocycles. The first-order valence-corrected chi connectivity index (χ1v) is 6.21. The van der Waals surface area contributed by atoms with Crippen molar-refractivity contribution in [2.75, 3.05) is 7.05 Å². The maximum absolute atomic E-state index is 13.1. The van der Waals surface area contributed by atoms with Gasteiger partial charge in [0, 0.05) is 12.1 Å². The Labute approximate surface area is 116 Å². The van der Waals surface area contributed by atoms with Crippen molar-refractivity contribution in [3.63, 3.8) is 0 Å². The van der Waals surface area contributed by atoms with E-state index >= 15 is 0 Å². The van der Waals surface area contributed by atoms with E-state index in [0.29, 0.717) is 24.4 Å². The van der Waals surface area contributed by atoms with Crippen molar-refractivity contribution in [2.24, 2.45) is 0 Å². The molecular weight excluding hydrogens is 261 g/mol. The summed E-state index contributed by atoms with van der Waals surface area (Å²) < 4.78 is 18.4. The molecule has 1 aromatic heterocycles. The van der Waals surface area contributed by atoms with Gasteiger partial charge in [-0.1, -0.05) is 12.1 Å². The summed E-state index contributed by atoms with van der Waals surface area (Å²) in [6.45, 7) is 2.72. The molecule has 0 aliphatic rings. The van der Waals surface area contributed by atoms with E-state index in [2.05, 4.69) is 0 Å². The Morgan fingerprint density at radius 3 is 2.70 bits per heavy atom. The van der Waals surface area contributed by atoms with Gasteiger partial charge in [-0.05, 0) is 37.7 Å². The second-order valence-corrected chi connectivity index (χ2v) is 4.83. The van der Waals surface area contributed by atoms with Gasteiger partial charge < -0.3 is 9.52 Å². The number of furan rings is 1. The number of hydrogen-bond acceptors (Lipinski definition) is 3. The molecule has 0 aliphatic carbocycles. The fourth-order valence-electron chi connectivity index (χ4n) is 2.11. The summed E-state index contributed by atoms with van der Waals surface area (Å²) in [5, 5.41) is 8.93. The Balaban J connectivity index is 2.03. The molecule has 0 saturated carbocycles. The predicted octanol–water partition coefficient (Wildman–Crippen LogP) is 3.06. The van der Waals surface area contributed by atoms with Gasteiger partial charge in [0.1, 0.15) is 11.6 Å². The second kappa shape index (κ2) is 5.88. The van der Waals surface area contributed by atoms with Gasteiger partial charge in [0.2, 0.25) is 5.76 Å². The van der Waals surface area contributed by atoms with E-state index in [9.17, 15) is 9.18 Å². The van der Waals surface area contributed by atoms with Gasteiger partial charge in [0.15, 0.2) is 0 Å². The first-order valence-electron chi connectivity index (χ1n) is 6.21. The van der Waals surface area contributed by atoms with Gasteiger partial charge in [-0.15, -0.1) is 0 Å². The second-order valence-electron chi connectivity index (χ2n) is 4.83. The number of aromatic carboxylic acids is 1. The Morgan fingerprint density at radius 2 is 2.10 bits per heavy atom. The molecule has 1 heterocycles. The molecule has 0 saturated heterocycles. The Bertz CT molecular complexity index is 621. The third-order valence-corrected chi connectivity index (χ3v) is 2.93. The Kier molecular flexibility index (Phi) is 4.20. The molecule has 20 heavy (non-hydrogen) atoms. The molecule has 2 rings (SSSR count). The number of nitrogens with zero attached hydrogens (tertiary/aromatic N) is 1. The molecule has 0 bridgehead atoms. The number of rotatable bonds is 5. The van der Waals surface area contributed by atoms with Crippen LogP contribution in [0, 0.1) is 12.7 Å². The van der Waals surface area contributed by atoms with Gasteiger partial charge in [-0.25, -0.2) is 9.18 Å². The molecular formula is C15H16FNO3. The summed E-state index contributed by atoms with van der Waals surface area (Å²) in [5.41, 5.74) is 1.46. The van der Waals surface area contributed by atoms with E-state index in [-0.39, 0.29) is 11.6 Å². The Morgan fingerprint density at radius 1 is 1.35 bits per heavy atom. The highest BCUT2D eigenvalue weighted by Gasteiger charge is 2.15. The van der Waals surface area contributed by atoms with Crippen LogP contribution in [0.2, 0.25) is 0 Å². The third-order valence-electron chi connectivity index (χ3n) is 2.93. The monoisotopic (exact) mass is 277 g/mol. The number of aryl methyl sites for hydroxylation is 1. The van der Waals surface area contributed by atoms with E-state index in [4.69, 9.17) is 9.52 Å². The number of carbonyl (C=O) groups is 1. The maximum atomic E-state index is 13.1. The third kappa shape index (κ3) is 3.45. The molecule has 0 amide bonds. The number of carboxylic acids is 1. The summed E-state index contributed by atoms with van der Waals surface area (Å²) in [4.78, 5) is 12.8. The van der Waals surface area contributed by atoms with Crippen molar-refractivity contribution in [2.45, 2.75) is 20.0 Å². The summed E-state index contributed by atoms with van der Waals surface area (Å²) in [6, 6.07) is 8.10. The van der Waals surface area contributed by atoms with Crippen molar-refractivity contribution >= 4 is 5.97 Å². The highest BCUT2D eigenvalue weighted by atomic mass is 19.1. The van der Waals surface area contributed by atoms with Crippen LogP contribution in [0.4, 0.5) is 4.39 Å². The average Bonchev–Trinajstić information content (AvgIpc) is 2.70. The van der Waals surface area contributed by atoms with Crippen molar-refractivity contribution in [3.05, 3.63) is 58.8 Å². The van der Waals surface area contributed by atoms with E-state index < -0.39 is 5.97 Å². The average molecular weight is 277 g/mol. The van der Waals surface area contributed by atoms with Crippen LogP contribution < -0.4 is 0 Å². The zero-order chi connectivity index (χ0) is 14.7. The lowest BCUT2D eigenvalue weighted by molar-refractivity contribution is 0.0657. The van der Waals surface area contributed by atoms with Crippen LogP contribution in [0.15, 0.2) is 34.7 Å². The number of halogens is 1. The highest BCUT2D eigenvalue weighted by Crippen LogP contribution is 2.17. The minimum absolute atomic E-state index is 0.0286. The lowest BCUT2D eigenvalue weighted by atomic mass is 10.2. The number of hydrogen-bond donors (Lipinski definition) is 1. The minimum Gasteiger partial charge on any atom is -0.475 e. The van der Waals surface area contributed by atoms with Crippen molar-refractivity contribution < 1.29 is 18.7 Å². The van der Waals surface area contributed by atoms with E-state index in [1.807, 2.05) is 18.0 Å². The molecule has 0 fully saturated rings. The fraction of sp³-hybridized carbons (Fsp3) is 0.267. The first kappa shape index (κ1) is 14.3. The summed E-state index contributed by atoms with van der Waals surface area (Å²) in [6.07, 6.45) is 0. The molecule has 106 valence electrons. The van der Waals surface area contributed by atoms with E-state index in [1.54, 1.807) is 19.1 Å². The van der Waals surface area contributed by atoms with Gasteiger partial charge in [-0.3, -0.25) is 4.90 Å². The SMILES string of the molecule is Cc1cc(CN(C)Cc2cccc(F)c2)oc1C(=O)O. The lowest BCUT2D eigenvalue weighted by Crippen LogP contribution is -2.16. The molecule has 0 spiro atoms. The Hall–Kier alpha value is -2.14. The molecule has 1 aromatic carbocycles. The van der Waals surface area contributed by atoms with Crippen molar-refractivity contribution in [1.82, 2.24) is 4.90 Å². The minimum atomic E-state index is -1.07. The number of carboxylic acid groups (broad SMARTS) is 1. The zero-order valence-corrected chi connectivity index (χ0v) is 11.4. The van der Waals surface area contributed by atoms with Crippen LogP contribution >= 0.6 is 0 Å². The van der Waals surface area contributed by atoms with Gasteiger partial charge in [0.25, 0.3) is 0 Å². The van der Waals surface area contributed by atoms with Crippen LogP contribution in [-0.2, 0) is 13.1 Å². The van der Waals surface area contributed by atoms with E-state index in [1.165, 1.54) is 12.1 Å². The van der Waals surface area contributed by atoms with Crippen LogP contribution in [0.25, 0.3) is 0 Å². The van der Waals surface area contributed by atoms with Gasteiger partial charge in [0.05, 0.1) is 6.54 Å². The van der Waals surface area contributed by atoms with Crippen molar-refractivity contribution in [1.29, 1.82) is 0 Å². The van der Waals surface area contributed by atoms with Crippen LogP contribution in [0.5, 0.6) is 0 Å². The summed E-state index contributed by atoms with van der Waals surface area (Å²) in [7, 11) is 1.86. The van der Waals surface area contributed by atoms with Crippen LogP contribution in [0.3, 0.4) is 0 Å². The number of benzene rings is 1. The predicted molar refractivity (Wildman–Crippen MR) is 72.0 cm³/mol. The fourth-order valence-corrected chi connectivity index (χ4v) is 2.11. The normalized spacial score (nSPS) is 11.0. The summed E-state index contributed by atoms with van der Waals surface area (Å²) in [5.74, 6) is -0.780. The molecule has 0 atom stereocenters. The first-order chi connectivity index (χ1) is 9.45. The molecule has 0 unspecified atom stereocenters. The zero-order valence-electron chi connectivity index (χ0n) is 11.4. The van der Waals surface area contributed by atoms with Crippen LogP contribution in [0.1, 0.15) is 27.4 Å². The largest absolute Gasteiger partial charge is 0.475 e. The van der Waals surface area contributed by atoms with E-state index in [0.717, 1.165) is 5.56 Å². The molecule has 2 aromatic rings. The molecule has 5 heteroatoms. The van der Waals surface area contributed by atoms with Gasteiger partial charge >= 0.3 is 5.97 Å². The van der Waals surface area contributed by atoms with Crippen molar-refractivity contribution in [3.8, 4) is 0 Å². The summed E-state index contributed by atoms with van der Waals surface area (Å²) >= 11 is 0. The quantitative estimate of drug-likeness (QED) is 0.912. The molecule has 1 N–H and O–H groups in total. The highest BCUT2D eigenvalue weighted by molar-refractivity contribution is 5.86. The molecule has 4 nitrogen and oxygen atoms in total. The molecule has 0 radical (unpaired) electrons. The smallest absolute Gasteiger partial charge is 0.372 e. The van der Waals surface area contributed by atoms with Crippen LogP contribution in [-0.4, -0.2) is 23.0 Å². The topological polar surface area (TPSA) is 53.7 Å². The lowest BCUT2D eigenvalue weighted by Gasteiger charge is -2.15. The standard InChI is InChI=1S/C15H16FNO3/c1-10-6-13(20-14(10)15(18)19)9-17(2)8-11-4-3-5-12(16)7-11/h3-7H,8-9H2,1-2H3,(H,18,19). The maximum Gasteiger partial charge on any atom is 0.372 e.